The number of H-pyrrole nitrogens is 1. The molecule has 5 aromatic rings. The van der Waals surface area contributed by atoms with Crippen molar-refractivity contribution in [2.45, 2.75) is 42.5 Å². The molecule has 4 aromatic carbocycles. The highest BCUT2D eigenvalue weighted by atomic mass is 32.2. The van der Waals surface area contributed by atoms with E-state index in [0.29, 0.717) is 33.7 Å². The first kappa shape index (κ1) is 27.3. The Morgan fingerprint density at radius 2 is 1.65 bits per heavy atom. The Balaban J connectivity index is 1.44. The van der Waals surface area contributed by atoms with Crippen LogP contribution in [0.15, 0.2) is 101 Å². The maximum atomic E-state index is 13.3. The number of benzene rings is 4. The van der Waals surface area contributed by atoms with Crippen molar-refractivity contribution >= 4 is 20.9 Å². The van der Waals surface area contributed by atoms with Crippen LogP contribution < -0.4 is 9.47 Å². The Bertz CT molecular complexity index is 1770. The van der Waals surface area contributed by atoms with E-state index in [9.17, 15) is 21.6 Å². The average molecular weight is 567 g/mol. The molecular weight excluding hydrogens is 541 g/mol. The van der Waals surface area contributed by atoms with Gasteiger partial charge in [0.05, 0.1) is 20.8 Å². The summed E-state index contributed by atoms with van der Waals surface area (Å²) in [6.45, 7) is 3.48. The minimum absolute atomic E-state index is 0.0201. The van der Waals surface area contributed by atoms with Gasteiger partial charge in [-0.25, -0.2) is 13.4 Å². The standard InChI is InChI=1S/C30H25F3N2O4S/c1-19-8-6-7-11-28(19)40(36,37)24-14-13-22(27(18-24)39-30(31,32)33)16-21-12-15-25-26(17-21)35-29(34-25)20(2)38-23-9-4-3-5-10-23/h3-15,17-18,20H,16H2,1-2H3,(H,34,35). The third kappa shape index (κ3) is 5.96. The molecule has 1 N–H and O–H groups in total. The minimum atomic E-state index is -5.00. The van der Waals surface area contributed by atoms with E-state index in [1.165, 1.54) is 18.2 Å². The van der Waals surface area contributed by atoms with Gasteiger partial charge in [-0.05, 0) is 73.0 Å². The molecular formula is C30H25F3N2O4S. The smallest absolute Gasteiger partial charge is 0.483 e. The van der Waals surface area contributed by atoms with E-state index in [1.807, 2.05) is 37.3 Å². The summed E-state index contributed by atoms with van der Waals surface area (Å²) in [7, 11) is -4.07. The van der Waals surface area contributed by atoms with E-state index < -0.39 is 21.9 Å². The molecule has 40 heavy (non-hydrogen) atoms. The van der Waals surface area contributed by atoms with Gasteiger partial charge in [0.1, 0.15) is 17.3 Å². The number of nitrogens with one attached hydrogen (secondary N) is 1. The van der Waals surface area contributed by atoms with Crippen molar-refractivity contribution in [1.82, 2.24) is 9.97 Å². The Morgan fingerprint density at radius 3 is 2.38 bits per heavy atom. The second-order valence-corrected chi connectivity index (χ2v) is 11.2. The number of halogens is 3. The predicted molar refractivity (Wildman–Crippen MR) is 144 cm³/mol. The topological polar surface area (TPSA) is 81.3 Å². The van der Waals surface area contributed by atoms with Crippen molar-refractivity contribution in [1.29, 1.82) is 0 Å². The van der Waals surface area contributed by atoms with E-state index in [0.717, 1.165) is 6.07 Å². The lowest BCUT2D eigenvalue weighted by molar-refractivity contribution is -0.275. The molecule has 6 nitrogen and oxygen atoms in total. The number of alkyl halides is 3. The Kier molecular flexibility index (Phi) is 7.29. The lowest BCUT2D eigenvalue weighted by Gasteiger charge is -2.16. The lowest BCUT2D eigenvalue weighted by Crippen LogP contribution is -2.18. The summed E-state index contributed by atoms with van der Waals surface area (Å²) in [6.07, 6.45) is -5.30. The molecule has 1 heterocycles. The summed E-state index contributed by atoms with van der Waals surface area (Å²) in [5, 5.41) is 0. The van der Waals surface area contributed by atoms with E-state index in [1.54, 1.807) is 43.3 Å². The van der Waals surface area contributed by atoms with Crippen molar-refractivity contribution in [3.63, 3.8) is 0 Å². The molecule has 1 aromatic heterocycles. The van der Waals surface area contributed by atoms with Gasteiger partial charge in [0, 0.05) is 6.42 Å². The Labute approximate surface area is 229 Å². The maximum absolute atomic E-state index is 13.3. The number of rotatable bonds is 8. The summed E-state index contributed by atoms with van der Waals surface area (Å²) in [5.41, 5.74) is 2.71. The third-order valence-electron chi connectivity index (χ3n) is 6.36. The molecule has 0 fully saturated rings. The molecule has 0 aliphatic rings. The summed E-state index contributed by atoms with van der Waals surface area (Å²) in [6, 6.07) is 24.5. The Morgan fingerprint density at radius 1 is 0.925 bits per heavy atom. The van der Waals surface area contributed by atoms with Crippen molar-refractivity contribution in [2.75, 3.05) is 0 Å². The van der Waals surface area contributed by atoms with Crippen LogP contribution in [0.5, 0.6) is 11.5 Å². The quantitative estimate of drug-likeness (QED) is 0.213. The minimum Gasteiger partial charge on any atom is -0.483 e. The fourth-order valence-corrected chi connectivity index (χ4v) is 5.92. The van der Waals surface area contributed by atoms with E-state index in [2.05, 4.69) is 14.7 Å². The summed E-state index contributed by atoms with van der Waals surface area (Å²) in [5.74, 6) is 0.724. The highest BCUT2D eigenvalue weighted by Crippen LogP contribution is 2.34. The molecule has 0 saturated carbocycles. The third-order valence-corrected chi connectivity index (χ3v) is 8.27. The number of hydrogen-bond acceptors (Lipinski definition) is 5. The van der Waals surface area contributed by atoms with Crippen molar-refractivity contribution < 1.29 is 31.1 Å². The summed E-state index contributed by atoms with van der Waals surface area (Å²) >= 11 is 0. The normalized spacial score (nSPS) is 12.8. The van der Waals surface area contributed by atoms with Gasteiger partial charge in [-0.15, -0.1) is 13.2 Å². The SMILES string of the molecule is Cc1ccccc1S(=O)(=O)c1ccc(Cc2ccc3nc(C(C)Oc4ccccc4)[nH]c3c2)c(OC(F)(F)F)c1. The summed E-state index contributed by atoms with van der Waals surface area (Å²) in [4.78, 5) is 7.53. The molecule has 0 bridgehead atoms. The zero-order chi connectivity index (χ0) is 28.5. The zero-order valence-corrected chi connectivity index (χ0v) is 22.4. The second-order valence-electron chi connectivity index (χ2n) is 9.31. The van der Waals surface area contributed by atoms with Crippen LogP contribution in [0.2, 0.25) is 0 Å². The number of hydrogen-bond donors (Lipinski definition) is 1. The van der Waals surface area contributed by atoms with Crippen LogP contribution in [-0.4, -0.2) is 24.7 Å². The molecule has 0 aliphatic heterocycles. The molecule has 0 saturated heterocycles. The fourth-order valence-electron chi connectivity index (χ4n) is 4.41. The number of nitrogens with zero attached hydrogens (tertiary/aromatic N) is 1. The first-order valence-corrected chi connectivity index (χ1v) is 13.9. The highest BCUT2D eigenvalue weighted by molar-refractivity contribution is 7.91. The van der Waals surface area contributed by atoms with Crippen molar-refractivity contribution in [2.24, 2.45) is 0 Å². The molecule has 0 spiro atoms. The Hall–Kier alpha value is -4.31. The number of para-hydroxylation sites is 1. The van der Waals surface area contributed by atoms with Crippen LogP contribution in [0.25, 0.3) is 11.0 Å². The second kappa shape index (κ2) is 10.7. The number of aryl methyl sites for hydroxylation is 1. The zero-order valence-electron chi connectivity index (χ0n) is 21.6. The van der Waals surface area contributed by atoms with E-state index >= 15 is 0 Å². The highest BCUT2D eigenvalue weighted by Gasteiger charge is 2.33. The lowest BCUT2D eigenvalue weighted by atomic mass is 10.0. The van der Waals surface area contributed by atoms with Crippen LogP contribution in [0.1, 0.15) is 35.5 Å². The van der Waals surface area contributed by atoms with Gasteiger partial charge in [-0.2, -0.15) is 0 Å². The van der Waals surface area contributed by atoms with Gasteiger partial charge in [-0.3, -0.25) is 0 Å². The van der Waals surface area contributed by atoms with Gasteiger partial charge in [-0.1, -0.05) is 48.5 Å². The number of ether oxygens (including phenoxy) is 2. The van der Waals surface area contributed by atoms with Crippen molar-refractivity contribution in [3.05, 3.63) is 114 Å². The van der Waals surface area contributed by atoms with Gasteiger partial charge in [0.25, 0.3) is 0 Å². The monoisotopic (exact) mass is 566 g/mol. The first-order chi connectivity index (χ1) is 19.0. The van der Waals surface area contributed by atoms with Gasteiger partial charge in [0.2, 0.25) is 9.84 Å². The number of fused-ring (bicyclic) bond motifs is 1. The maximum Gasteiger partial charge on any atom is 0.573 e. The van der Waals surface area contributed by atoms with Crippen LogP contribution in [0.4, 0.5) is 13.2 Å². The number of sulfone groups is 1. The molecule has 0 aliphatic carbocycles. The van der Waals surface area contributed by atoms with Gasteiger partial charge >= 0.3 is 6.36 Å². The predicted octanol–water partition coefficient (Wildman–Crippen LogP) is 7.33. The van der Waals surface area contributed by atoms with Crippen molar-refractivity contribution in [3.8, 4) is 11.5 Å². The van der Waals surface area contributed by atoms with E-state index in [-0.39, 0.29) is 27.9 Å². The summed E-state index contributed by atoms with van der Waals surface area (Å²) < 4.78 is 76.6. The molecule has 1 atom stereocenters. The number of imidazole rings is 1. The van der Waals surface area contributed by atoms with E-state index in [4.69, 9.17) is 4.74 Å². The van der Waals surface area contributed by atoms with Crippen LogP contribution in [0, 0.1) is 6.92 Å². The average Bonchev–Trinajstić information content (AvgIpc) is 3.33. The number of aromatic amines is 1. The molecule has 206 valence electrons. The van der Waals surface area contributed by atoms with Gasteiger partial charge < -0.3 is 14.5 Å². The molecule has 0 radical (unpaired) electrons. The molecule has 10 heteroatoms. The van der Waals surface area contributed by atoms with Crippen LogP contribution in [0.3, 0.4) is 0 Å². The van der Waals surface area contributed by atoms with Gasteiger partial charge in [0.15, 0.2) is 6.10 Å². The molecule has 5 rings (SSSR count). The van der Waals surface area contributed by atoms with Crippen LogP contribution >= 0.6 is 0 Å². The largest absolute Gasteiger partial charge is 0.573 e. The number of aromatic nitrogens is 2. The fraction of sp³-hybridized carbons (Fsp3) is 0.167. The molecule has 1 unspecified atom stereocenters. The first-order valence-electron chi connectivity index (χ1n) is 12.4. The van der Waals surface area contributed by atoms with Crippen LogP contribution in [-0.2, 0) is 16.3 Å². The molecule has 0 amide bonds.